The second-order valence-electron chi connectivity index (χ2n) is 10.5. The van der Waals surface area contributed by atoms with Gasteiger partial charge in [0.1, 0.15) is 0 Å². The van der Waals surface area contributed by atoms with Crippen molar-refractivity contribution in [3.63, 3.8) is 0 Å². The Balaban J connectivity index is -0.000000289. The summed E-state index contributed by atoms with van der Waals surface area (Å²) >= 11 is 4.03. The minimum atomic E-state index is -2.12. The SMILES string of the molecule is C#CCBr.CC#CCBr.CC#CCN1C(=O)c2ccccc2C1=O.CCC[CH2][Sn]([CH2]CCC)([CH2]CCC)[O]C.N.O=[C-]c1ccccc1[C-]=O.[K+]. The van der Waals surface area contributed by atoms with Gasteiger partial charge in [0, 0.05) is 0 Å². The number of unbranched alkanes of at least 4 members (excludes halogenated alkanes) is 3. The molecule has 0 saturated heterocycles. The van der Waals surface area contributed by atoms with Crippen LogP contribution in [0.1, 0.15) is 105 Å². The predicted octanol–water partition coefficient (Wildman–Crippen LogP) is 6.47. The standard InChI is InChI=1S/C12H9NO2.C8H4O2.C4H5Br.3C4H9.C3H3Br.CH3O.K.H3N.Sn/c1-2-3-8-13-11(14)9-6-4-5-7-10(9)12(13)15;9-5-7-3-1-2-4-8(7)6-10;1-2-3-4-5;3*1-3-4-2;1-2-3-4;1-2;;;/h4-7H,8H2,1H3;1-4H;4H2,1H3;3*1,3-4H2,2H3;1H,3H2;1H3;;1H3;/q;-2;;;;;;-1;+1;;+1. The van der Waals surface area contributed by atoms with Gasteiger partial charge in [0.2, 0.25) is 0 Å². The third-order valence-electron chi connectivity index (χ3n) is 7.15. The molecule has 2 aromatic rings. The largest absolute Gasteiger partial charge is 1.00 e. The van der Waals surface area contributed by atoms with Crippen LogP contribution in [-0.2, 0) is 12.7 Å². The van der Waals surface area contributed by atoms with E-state index in [4.69, 9.17) is 9.50 Å². The van der Waals surface area contributed by atoms with Gasteiger partial charge in [-0.2, -0.15) is 0 Å². The van der Waals surface area contributed by atoms with Gasteiger partial charge >= 0.3 is 153 Å². The average Bonchev–Trinajstić information content (AvgIpc) is 3.39. The summed E-state index contributed by atoms with van der Waals surface area (Å²) in [6.45, 7) is 10.6. The maximum atomic E-state index is 11.8. The van der Waals surface area contributed by atoms with Crippen molar-refractivity contribution in [2.45, 2.75) is 86.5 Å². The zero-order chi connectivity index (χ0) is 37.3. The topological polar surface area (TPSA) is 116 Å². The predicted molar refractivity (Wildman–Crippen MR) is 218 cm³/mol. The Hall–Kier alpha value is -1.08. The molecule has 11 heteroatoms. The number of carbonyl (C=O) groups excluding carboxylic acids is 4. The summed E-state index contributed by atoms with van der Waals surface area (Å²) in [5.74, 6) is 12.7. The molecule has 1 heterocycles. The number of terminal acetylenes is 1. The first-order valence-electron chi connectivity index (χ1n) is 16.4. The Labute approximate surface area is 372 Å². The fraction of sp³-hybridized carbons (Fsp3) is 0.450. The summed E-state index contributed by atoms with van der Waals surface area (Å²) in [5.41, 5.74) is 1.47. The average molecular weight is 960 g/mol. The molecule has 7 nitrogen and oxygen atoms in total. The molecule has 0 bridgehead atoms. The molecule has 2 amide bonds. The quantitative estimate of drug-likeness (QED) is 0.0810. The molecule has 0 fully saturated rings. The fourth-order valence-corrected chi connectivity index (χ4v) is 17.2. The van der Waals surface area contributed by atoms with Gasteiger partial charge in [0.25, 0.3) is 11.8 Å². The molecule has 1 aliphatic rings. The van der Waals surface area contributed by atoms with Gasteiger partial charge in [-0.05, 0) is 38.6 Å². The number of halogens is 2. The molecule has 3 rings (SSSR count). The van der Waals surface area contributed by atoms with Crippen LogP contribution in [0.4, 0.5) is 0 Å². The van der Waals surface area contributed by atoms with Crippen LogP contribution in [-0.4, -0.2) is 72.4 Å². The number of carbonyl (C=O) groups is 2. The smallest absolute Gasteiger partial charge is 0.391 e. The monoisotopic (exact) mass is 959 g/mol. The molecule has 0 saturated carbocycles. The van der Waals surface area contributed by atoms with Crippen molar-refractivity contribution in [2.24, 2.45) is 0 Å². The Kier molecular flexibility index (Phi) is 42.9. The zero-order valence-corrected chi connectivity index (χ0v) is 40.8. The molecule has 0 radical (unpaired) electrons. The Bertz CT molecular complexity index is 1340. The molecule has 0 spiro atoms. The summed E-state index contributed by atoms with van der Waals surface area (Å²) in [6.07, 6.45) is 16.2. The van der Waals surface area contributed by atoms with Crippen LogP contribution in [0.2, 0.25) is 13.3 Å². The van der Waals surface area contributed by atoms with Crippen molar-refractivity contribution >= 4 is 75.0 Å². The van der Waals surface area contributed by atoms with Crippen LogP contribution < -0.4 is 57.5 Å². The van der Waals surface area contributed by atoms with Gasteiger partial charge in [0.15, 0.2) is 0 Å². The van der Waals surface area contributed by atoms with Gasteiger partial charge in [-0.15, -0.1) is 30.4 Å². The second-order valence-corrected chi connectivity index (χ2v) is 23.8. The van der Waals surface area contributed by atoms with Gasteiger partial charge in [-0.3, -0.25) is 25.6 Å². The number of imide groups is 1. The van der Waals surface area contributed by atoms with E-state index < -0.39 is 18.8 Å². The zero-order valence-electron chi connectivity index (χ0n) is 31.6. The summed E-state index contributed by atoms with van der Waals surface area (Å²) in [7, 11) is 2.00. The van der Waals surface area contributed by atoms with Crippen molar-refractivity contribution in [3.8, 4) is 36.0 Å². The number of alkyl halides is 2. The van der Waals surface area contributed by atoms with Crippen LogP contribution in [0.5, 0.6) is 0 Å². The molecule has 0 aliphatic carbocycles. The van der Waals surface area contributed by atoms with Gasteiger partial charge < -0.3 is 15.7 Å². The van der Waals surface area contributed by atoms with Crippen molar-refractivity contribution in [2.75, 3.05) is 24.3 Å². The van der Waals surface area contributed by atoms with E-state index in [-0.39, 0.29) is 87.0 Å². The molecule has 51 heavy (non-hydrogen) atoms. The summed E-state index contributed by atoms with van der Waals surface area (Å²) in [5, 5.41) is 1.45. The van der Waals surface area contributed by atoms with Crippen LogP contribution in [0.15, 0.2) is 48.5 Å². The molecule has 0 atom stereocenters. The minimum absolute atomic E-state index is 0. The van der Waals surface area contributed by atoms with E-state index in [0.717, 1.165) is 5.33 Å². The van der Waals surface area contributed by atoms with Crippen LogP contribution in [0, 0.1) is 36.0 Å². The van der Waals surface area contributed by atoms with Gasteiger partial charge in [0.05, 0.1) is 28.3 Å². The van der Waals surface area contributed by atoms with Gasteiger partial charge in [-0.1, -0.05) is 61.8 Å². The van der Waals surface area contributed by atoms with E-state index in [1.54, 1.807) is 55.9 Å². The maximum absolute atomic E-state index is 11.8. The number of benzene rings is 2. The third-order valence-corrected chi connectivity index (χ3v) is 21.1. The van der Waals surface area contributed by atoms with E-state index >= 15 is 0 Å². The van der Waals surface area contributed by atoms with E-state index in [1.165, 1.54) is 68.9 Å². The van der Waals surface area contributed by atoms with Crippen LogP contribution in [0.25, 0.3) is 0 Å². The Morgan fingerprint density at radius 3 is 1.37 bits per heavy atom. The van der Waals surface area contributed by atoms with Crippen molar-refractivity contribution in [3.05, 3.63) is 70.8 Å². The first kappa shape index (κ1) is 56.7. The molecule has 3 N–H and O–H groups in total. The third kappa shape index (κ3) is 24.8. The van der Waals surface area contributed by atoms with Crippen molar-refractivity contribution in [1.82, 2.24) is 11.1 Å². The van der Waals surface area contributed by atoms with Crippen LogP contribution in [0.3, 0.4) is 0 Å². The molecule has 2 aromatic carbocycles. The molecular weight excluding hydrogens is 906 g/mol. The summed E-state index contributed by atoms with van der Waals surface area (Å²) in [6, 6.07) is 13.2. The number of nitrogens with zero attached hydrogens (tertiary/aromatic N) is 1. The number of hydrogen-bond acceptors (Lipinski definition) is 6. The molecule has 0 aromatic heterocycles. The van der Waals surface area contributed by atoms with E-state index in [1.807, 2.05) is 14.0 Å². The normalized spacial score (nSPS) is 10.1. The number of hydrogen-bond donors (Lipinski definition) is 1. The summed E-state index contributed by atoms with van der Waals surface area (Å²) < 4.78 is 10.4. The first-order valence-corrected chi connectivity index (χ1v) is 25.9. The molecule has 0 unspecified atom stereocenters. The number of amides is 2. The Morgan fingerprint density at radius 1 is 0.745 bits per heavy atom. The first-order chi connectivity index (χ1) is 23.7. The minimum Gasteiger partial charge on any atom is -0.391 e. The van der Waals surface area contributed by atoms with Crippen molar-refractivity contribution < 1.29 is 73.6 Å². The molecule has 1 aliphatic heterocycles. The Morgan fingerprint density at radius 2 is 1.12 bits per heavy atom. The van der Waals surface area contributed by atoms with E-state index in [2.05, 4.69) is 82.2 Å². The van der Waals surface area contributed by atoms with E-state index in [9.17, 15) is 19.2 Å². The second kappa shape index (κ2) is 38.6. The van der Waals surface area contributed by atoms with Crippen molar-refractivity contribution in [1.29, 1.82) is 0 Å². The molecular formula is C40H54Br2KN2O5Sn-. The number of rotatable bonds is 13. The van der Waals surface area contributed by atoms with Crippen LogP contribution >= 0.6 is 31.9 Å². The number of fused-ring (bicyclic) bond motifs is 1. The fourth-order valence-electron chi connectivity index (χ4n) is 4.45. The van der Waals surface area contributed by atoms with E-state index in [0.29, 0.717) is 16.5 Å². The van der Waals surface area contributed by atoms with Gasteiger partial charge in [-0.25, -0.2) is 12.1 Å². The maximum Gasteiger partial charge on any atom is 1.00 e. The molecule has 274 valence electrons. The summed E-state index contributed by atoms with van der Waals surface area (Å²) in [4.78, 5) is 44.8.